The third kappa shape index (κ3) is 18.3. The maximum Gasteiger partial charge on any atom is 0.396 e. The van der Waals surface area contributed by atoms with E-state index in [4.69, 9.17) is 34.8 Å². The van der Waals surface area contributed by atoms with Gasteiger partial charge in [-0.2, -0.15) is 39.5 Å². The van der Waals surface area contributed by atoms with Gasteiger partial charge in [-0.15, -0.1) is 0 Å². The second-order valence-corrected chi connectivity index (χ2v) is 33.4. The van der Waals surface area contributed by atoms with Gasteiger partial charge in [-0.3, -0.25) is 14.4 Å². The van der Waals surface area contributed by atoms with Crippen molar-refractivity contribution in [3.05, 3.63) is 177 Å². The third-order valence-electron chi connectivity index (χ3n) is 23.1. The SMILES string of the molecule is C=C1C[C@@H](C(F)(F)F)c2c(ncnc2N2CC3CCC(C2)N3C(=O)[C@H](CNC(C)C)c2ccc(Cl)cc2)N1.C=C1C[C@H](C(F)(F)F)c2c(ncnc2N2C3CCC2CN(C(=O)[C@H](CNC(C)C)c2ccc(Cl)cc2)C3)N1.C=C1C[C@H](C(F)(F)F)c2c(ncnc2N2CC3CCC(C2)N3C(=O)[C@H](CNC(C)C)c2ccc(Cl)cc2)N1. The highest BCUT2D eigenvalue weighted by atomic mass is 35.5. The first-order chi connectivity index (χ1) is 54.1. The number of nitrogens with zero attached hydrogens (tertiary/aromatic N) is 12. The molecule has 33 heteroatoms. The Bertz CT molecular complexity index is 4270. The van der Waals surface area contributed by atoms with Crippen LogP contribution in [0.2, 0.25) is 15.1 Å². The minimum absolute atomic E-state index is 0.00729. The highest BCUT2D eigenvalue weighted by Crippen LogP contribution is 2.53. The number of halogens is 12. The number of rotatable bonds is 18. The number of likely N-dealkylation sites (tertiary alicyclic amines) is 1. The lowest BCUT2D eigenvalue weighted by Crippen LogP contribution is -2.58. The Balaban J connectivity index is 0.000000149. The normalized spacial score (nSPS) is 23.9. The summed E-state index contributed by atoms with van der Waals surface area (Å²) >= 11 is 18.3. The van der Waals surface area contributed by atoms with Gasteiger partial charge < -0.3 is 61.3 Å². The topological polar surface area (TPSA) is 220 Å². The third-order valence-corrected chi connectivity index (χ3v) is 23.8. The largest absolute Gasteiger partial charge is 0.396 e. The van der Waals surface area contributed by atoms with Crippen LogP contribution in [0.1, 0.15) is 168 Å². The van der Waals surface area contributed by atoms with Crippen LogP contribution in [-0.2, 0) is 14.4 Å². The average molecular weight is 1650 g/mol. The lowest BCUT2D eigenvalue weighted by Gasteiger charge is -2.44. The second kappa shape index (κ2) is 34.3. The molecule has 9 aliphatic rings. The molecule has 0 saturated carbocycles. The van der Waals surface area contributed by atoms with Crippen LogP contribution in [-0.4, -0.2) is 194 Å². The fraction of sp³-hybridized carbons (Fsp3) is 0.519. The van der Waals surface area contributed by atoms with Gasteiger partial charge in [0.05, 0.1) is 35.5 Å². The van der Waals surface area contributed by atoms with E-state index in [0.717, 1.165) is 55.2 Å². The number of hydrogen-bond acceptors (Lipinski definition) is 18. The van der Waals surface area contributed by atoms with E-state index >= 15 is 0 Å². The summed E-state index contributed by atoms with van der Waals surface area (Å²) < 4.78 is 127. The maximum absolute atomic E-state index is 14.1. The Morgan fingerprint density at radius 3 is 0.974 bits per heavy atom. The molecular formula is C81H96Cl3F9N18O3. The molecule has 15 rings (SSSR count). The summed E-state index contributed by atoms with van der Waals surface area (Å²) in [7, 11) is 0. The molecule has 6 aromatic rings. The van der Waals surface area contributed by atoms with E-state index in [1.54, 1.807) is 36.4 Å². The van der Waals surface area contributed by atoms with Crippen molar-refractivity contribution in [3.8, 4) is 0 Å². The number of piperazine rings is 3. The van der Waals surface area contributed by atoms with Gasteiger partial charge in [0.25, 0.3) is 0 Å². The number of anilines is 6. The smallest absolute Gasteiger partial charge is 0.352 e. The molecule has 21 nitrogen and oxygen atoms in total. The zero-order valence-corrected chi connectivity index (χ0v) is 66.6. The van der Waals surface area contributed by atoms with E-state index < -0.39 is 42.2 Å². The minimum atomic E-state index is -4.45. The number of carbonyl (C=O) groups is 3. The van der Waals surface area contributed by atoms with E-state index in [1.807, 2.05) is 107 Å². The molecule has 12 atom stereocenters. The number of allylic oxidation sites excluding steroid dienone is 3. The molecule has 3 amide bonds. The van der Waals surface area contributed by atoms with Gasteiger partial charge in [-0.25, -0.2) is 29.9 Å². The Morgan fingerprint density at radius 1 is 0.412 bits per heavy atom. The van der Waals surface area contributed by atoms with Crippen LogP contribution in [0.25, 0.3) is 0 Å². The first-order valence-electron chi connectivity index (χ1n) is 38.8. The van der Waals surface area contributed by atoms with Gasteiger partial charge in [-0.05, 0) is 91.6 Å². The first-order valence-corrected chi connectivity index (χ1v) is 40.0. The number of hydrogen-bond donors (Lipinski definition) is 6. The van der Waals surface area contributed by atoms with E-state index in [-0.39, 0.29) is 166 Å². The number of amides is 3. The number of aromatic nitrogens is 6. The van der Waals surface area contributed by atoms with Crippen LogP contribution in [0.4, 0.5) is 74.4 Å². The summed E-state index contributed by atoms with van der Waals surface area (Å²) in [6, 6.07) is 21.9. The standard InChI is InChI=1S/3C27H32ClF3N6O/c1-15(2)32-11-21(17-4-6-18(28)7-5-17)26(38)36-12-19-8-9-20(13-36)37(19)25-23-22(27(29,30)31)10-16(3)35-24(23)33-14-34-25;2*1-15(2)32-11-21(17-4-6-18(28)7-5-17)26(38)37-19-8-9-20(37)13-36(12-19)25-23-22(27(29,30)31)10-16(3)35-24(23)33-14-34-25/h3*4-7,14-15,19-22,32H,3,8-13H2,1-2H3,(H,33,34,35)/t2*19?,20?,21-,22+;19?,20?,21-,22-/m111/s1. The summed E-state index contributed by atoms with van der Waals surface area (Å²) in [6.45, 7) is 27.3. The molecular weight excluding hydrogens is 1550 g/mol. The predicted molar refractivity (Wildman–Crippen MR) is 424 cm³/mol. The molecule has 612 valence electrons. The molecule has 9 aliphatic heterocycles. The van der Waals surface area contributed by atoms with Crippen LogP contribution in [0.3, 0.4) is 0 Å². The monoisotopic (exact) mass is 1640 g/mol. The van der Waals surface area contributed by atoms with E-state index in [0.29, 0.717) is 79.8 Å². The van der Waals surface area contributed by atoms with Crippen molar-refractivity contribution in [3.63, 3.8) is 0 Å². The van der Waals surface area contributed by atoms with Gasteiger partial charge in [0, 0.05) is 181 Å². The lowest BCUT2D eigenvalue weighted by molar-refractivity contribution is -0.151. The summed E-state index contributed by atoms with van der Waals surface area (Å²) in [4.78, 5) is 78.8. The van der Waals surface area contributed by atoms with Gasteiger partial charge in [0.2, 0.25) is 17.7 Å². The van der Waals surface area contributed by atoms with Crippen molar-refractivity contribution < 1.29 is 53.9 Å². The van der Waals surface area contributed by atoms with Crippen molar-refractivity contribution in [2.75, 3.05) is 89.6 Å². The van der Waals surface area contributed by atoms with Gasteiger partial charge in [0.1, 0.15) is 53.9 Å². The van der Waals surface area contributed by atoms with Crippen molar-refractivity contribution in [1.82, 2.24) is 60.6 Å². The maximum atomic E-state index is 14.1. The van der Waals surface area contributed by atoms with Gasteiger partial charge >= 0.3 is 18.5 Å². The molecule has 12 heterocycles. The number of carbonyl (C=O) groups excluding carboxylic acids is 3. The summed E-state index contributed by atoms with van der Waals surface area (Å²) in [6.07, 6.45) is -5.50. The number of fused-ring (bicyclic) bond motifs is 9. The lowest BCUT2D eigenvalue weighted by atomic mass is 9.90. The predicted octanol–water partition coefficient (Wildman–Crippen LogP) is 15.2. The molecule has 6 fully saturated rings. The summed E-state index contributed by atoms with van der Waals surface area (Å²) in [5.41, 5.74) is 3.70. The zero-order chi connectivity index (χ0) is 81.6. The van der Waals surface area contributed by atoms with Crippen molar-refractivity contribution in [2.45, 2.75) is 208 Å². The molecule has 3 aromatic heterocycles. The summed E-state index contributed by atoms with van der Waals surface area (Å²) in [5, 5.41) is 20.7. The number of nitrogens with one attached hydrogen (secondary N) is 6. The molecule has 0 spiro atoms. The van der Waals surface area contributed by atoms with Crippen LogP contribution >= 0.6 is 34.8 Å². The van der Waals surface area contributed by atoms with Crippen LogP contribution in [0, 0.1) is 0 Å². The van der Waals surface area contributed by atoms with Crippen molar-refractivity contribution in [2.24, 2.45) is 0 Å². The van der Waals surface area contributed by atoms with Crippen molar-refractivity contribution >= 4 is 87.4 Å². The zero-order valence-electron chi connectivity index (χ0n) is 64.3. The molecule has 6 N–H and O–H groups in total. The Labute approximate surface area is 672 Å². The Hall–Kier alpha value is -8.55. The first kappa shape index (κ1) is 83.4. The molecule has 6 unspecified atom stereocenters. The fourth-order valence-corrected chi connectivity index (χ4v) is 18.1. The van der Waals surface area contributed by atoms with Gasteiger partial charge in [0.15, 0.2) is 0 Å². The molecule has 0 aliphatic carbocycles. The molecule has 3 aromatic carbocycles. The Kier molecular flexibility index (Phi) is 25.1. The number of alkyl halides is 9. The summed E-state index contributed by atoms with van der Waals surface area (Å²) in [5.74, 6) is -4.91. The fourth-order valence-electron chi connectivity index (χ4n) is 17.7. The van der Waals surface area contributed by atoms with Crippen molar-refractivity contribution in [1.29, 1.82) is 0 Å². The van der Waals surface area contributed by atoms with Crippen LogP contribution in [0.15, 0.2) is 129 Å². The van der Waals surface area contributed by atoms with E-state index in [9.17, 15) is 53.9 Å². The quantitative estimate of drug-likeness (QED) is 0.0441. The molecule has 0 radical (unpaired) electrons. The highest BCUT2D eigenvalue weighted by Gasteiger charge is 2.54. The average Bonchev–Trinajstić information content (AvgIpc) is 1.44. The van der Waals surface area contributed by atoms with Gasteiger partial charge in [-0.1, -0.05) is 132 Å². The minimum Gasteiger partial charge on any atom is -0.352 e. The Morgan fingerprint density at radius 2 is 0.684 bits per heavy atom. The number of benzene rings is 3. The molecule has 6 bridgehead atoms. The molecule has 6 saturated heterocycles. The highest BCUT2D eigenvalue weighted by molar-refractivity contribution is 6.31. The second-order valence-electron chi connectivity index (χ2n) is 32.1. The van der Waals surface area contributed by atoms with Crippen LogP contribution in [0.5, 0.6) is 0 Å². The van der Waals surface area contributed by atoms with Crippen LogP contribution < -0.4 is 46.6 Å². The van der Waals surface area contributed by atoms with E-state index in [1.165, 1.54) is 19.0 Å². The molecule has 114 heavy (non-hydrogen) atoms. The van der Waals surface area contributed by atoms with E-state index in [2.05, 4.69) is 81.5 Å².